The number of nitrogens with zero attached hydrogens (tertiary/aromatic N) is 2. The van der Waals surface area contributed by atoms with Crippen LogP contribution >= 0.6 is 12.2 Å². The third-order valence-electron chi connectivity index (χ3n) is 3.90. The predicted octanol–water partition coefficient (Wildman–Crippen LogP) is 3.76. The third kappa shape index (κ3) is 3.99. The molecule has 0 spiro atoms. The molecule has 1 aliphatic rings. The highest BCUT2D eigenvalue weighted by Gasteiger charge is 2.31. The lowest BCUT2D eigenvalue weighted by atomic mass is 10.2. The fraction of sp³-hybridized carbons (Fsp3) is 0.333. The summed E-state index contributed by atoms with van der Waals surface area (Å²) in [5.74, 6) is 0.798. The van der Waals surface area contributed by atoms with E-state index in [0.717, 1.165) is 28.8 Å². The van der Waals surface area contributed by atoms with E-state index in [2.05, 4.69) is 28.2 Å². The van der Waals surface area contributed by atoms with Crippen LogP contribution in [0, 0.1) is 6.92 Å². The molecule has 1 aromatic heterocycles. The van der Waals surface area contributed by atoms with Crippen molar-refractivity contribution in [2.75, 3.05) is 12.4 Å². The number of hydrogen-bond donors (Lipinski definition) is 1. The summed E-state index contributed by atoms with van der Waals surface area (Å²) in [5, 5.41) is 4.07. The summed E-state index contributed by atoms with van der Waals surface area (Å²) in [7, 11) is 1.67. The number of benzene rings is 1. The Morgan fingerprint density at radius 2 is 2.17 bits per heavy atom. The lowest BCUT2D eigenvalue weighted by Gasteiger charge is -2.26. The third-order valence-corrected chi connectivity index (χ3v) is 4.24. The molecule has 120 valence electrons. The second-order valence-corrected chi connectivity index (χ2v) is 6.20. The molecule has 1 fully saturated rings. The Balaban J connectivity index is 1.76. The molecule has 3 rings (SSSR count). The summed E-state index contributed by atoms with van der Waals surface area (Å²) in [6, 6.07) is 12.5. The van der Waals surface area contributed by atoms with Crippen LogP contribution in [0.4, 0.5) is 5.69 Å². The zero-order chi connectivity index (χ0) is 16.2. The fourth-order valence-corrected chi connectivity index (χ4v) is 2.85. The Hall–Kier alpha value is -2.14. The van der Waals surface area contributed by atoms with Crippen LogP contribution in [-0.4, -0.2) is 28.1 Å². The van der Waals surface area contributed by atoms with Crippen LogP contribution < -0.4 is 10.1 Å². The van der Waals surface area contributed by atoms with Crippen molar-refractivity contribution >= 4 is 23.0 Å². The minimum absolute atomic E-state index is 0.507. The smallest absolute Gasteiger partial charge is 0.174 e. The molecule has 0 saturated heterocycles. The molecule has 0 bridgehead atoms. The van der Waals surface area contributed by atoms with Crippen LogP contribution in [0.25, 0.3) is 0 Å². The van der Waals surface area contributed by atoms with E-state index in [-0.39, 0.29) is 0 Å². The van der Waals surface area contributed by atoms with Gasteiger partial charge in [0.2, 0.25) is 0 Å². The number of aromatic nitrogens is 1. The van der Waals surface area contributed by atoms with E-state index in [9.17, 15) is 0 Å². The average Bonchev–Trinajstić information content (AvgIpc) is 3.38. The molecular formula is C18H21N3OS. The van der Waals surface area contributed by atoms with Gasteiger partial charge in [0.15, 0.2) is 5.11 Å². The van der Waals surface area contributed by atoms with E-state index in [1.807, 2.05) is 36.5 Å². The van der Waals surface area contributed by atoms with E-state index in [4.69, 9.17) is 17.0 Å². The van der Waals surface area contributed by atoms with Gasteiger partial charge in [0.05, 0.1) is 25.0 Å². The fourth-order valence-electron chi connectivity index (χ4n) is 2.53. The van der Waals surface area contributed by atoms with E-state index in [1.165, 1.54) is 18.4 Å². The summed E-state index contributed by atoms with van der Waals surface area (Å²) in [6.07, 6.45) is 4.18. The highest BCUT2D eigenvalue weighted by Crippen LogP contribution is 2.31. The Bertz CT molecular complexity index is 686. The van der Waals surface area contributed by atoms with Crippen LogP contribution in [0.5, 0.6) is 5.75 Å². The number of aryl methyl sites for hydroxylation is 1. The number of pyridine rings is 1. The largest absolute Gasteiger partial charge is 0.495 e. The van der Waals surface area contributed by atoms with E-state index < -0.39 is 0 Å². The average molecular weight is 327 g/mol. The maximum absolute atomic E-state index is 5.66. The standard InChI is InChI=1S/C18H21N3OS/c1-13-6-9-17(22-2)16(11-13)20-18(23)21(15-7-8-15)12-14-5-3-4-10-19-14/h3-6,9-11,15H,7-8,12H2,1-2H3,(H,20,23). The van der Waals surface area contributed by atoms with Gasteiger partial charge in [-0.05, 0) is 61.8 Å². The van der Waals surface area contributed by atoms with Gasteiger partial charge in [-0.1, -0.05) is 12.1 Å². The first-order valence-electron chi connectivity index (χ1n) is 7.79. The van der Waals surface area contributed by atoms with Gasteiger partial charge in [0.25, 0.3) is 0 Å². The number of ether oxygens (including phenoxy) is 1. The molecule has 1 aromatic carbocycles. The molecule has 0 atom stereocenters. The second-order valence-electron chi connectivity index (χ2n) is 5.81. The predicted molar refractivity (Wildman–Crippen MR) is 96.8 cm³/mol. The van der Waals surface area contributed by atoms with Crippen LogP contribution in [0.1, 0.15) is 24.1 Å². The monoisotopic (exact) mass is 327 g/mol. The van der Waals surface area contributed by atoms with Crippen molar-refractivity contribution in [3.05, 3.63) is 53.9 Å². The first-order valence-corrected chi connectivity index (χ1v) is 8.20. The number of nitrogens with one attached hydrogen (secondary N) is 1. The maximum Gasteiger partial charge on any atom is 0.174 e. The molecule has 1 N–H and O–H groups in total. The summed E-state index contributed by atoms with van der Waals surface area (Å²) >= 11 is 5.66. The zero-order valence-corrected chi connectivity index (χ0v) is 14.3. The van der Waals surface area contributed by atoms with Crippen molar-refractivity contribution in [2.45, 2.75) is 32.4 Å². The normalized spacial score (nSPS) is 13.5. The number of rotatable bonds is 5. The van der Waals surface area contributed by atoms with E-state index in [0.29, 0.717) is 6.04 Å². The molecule has 0 radical (unpaired) electrons. The summed E-state index contributed by atoms with van der Waals surface area (Å²) < 4.78 is 5.42. The molecular weight excluding hydrogens is 306 g/mol. The molecule has 2 aromatic rings. The molecule has 0 amide bonds. The van der Waals surface area contributed by atoms with Gasteiger partial charge in [0.1, 0.15) is 5.75 Å². The van der Waals surface area contributed by atoms with Gasteiger partial charge >= 0.3 is 0 Å². The van der Waals surface area contributed by atoms with Crippen LogP contribution in [0.15, 0.2) is 42.6 Å². The molecule has 5 heteroatoms. The Morgan fingerprint density at radius 1 is 1.35 bits per heavy atom. The Labute approximate surface area is 142 Å². The van der Waals surface area contributed by atoms with Gasteiger partial charge in [-0.15, -0.1) is 0 Å². The van der Waals surface area contributed by atoms with Gasteiger partial charge in [-0.25, -0.2) is 0 Å². The molecule has 1 aliphatic carbocycles. The van der Waals surface area contributed by atoms with E-state index >= 15 is 0 Å². The maximum atomic E-state index is 5.66. The highest BCUT2D eigenvalue weighted by atomic mass is 32.1. The highest BCUT2D eigenvalue weighted by molar-refractivity contribution is 7.80. The number of methoxy groups -OCH3 is 1. The SMILES string of the molecule is COc1ccc(C)cc1NC(=S)N(Cc1ccccn1)C1CC1. The molecule has 4 nitrogen and oxygen atoms in total. The zero-order valence-electron chi connectivity index (χ0n) is 13.5. The van der Waals surface area contributed by atoms with Crippen LogP contribution in [0.2, 0.25) is 0 Å². The summed E-state index contributed by atoms with van der Waals surface area (Å²) in [4.78, 5) is 6.63. The minimum atomic E-state index is 0.507. The Morgan fingerprint density at radius 3 is 2.83 bits per heavy atom. The molecule has 1 saturated carbocycles. The molecule has 23 heavy (non-hydrogen) atoms. The van der Waals surface area contributed by atoms with Crippen molar-refractivity contribution in [2.24, 2.45) is 0 Å². The van der Waals surface area contributed by atoms with Gasteiger partial charge in [-0.3, -0.25) is 4.98 Å². The summed E-state index contributed by atoms with van der Waals surface area (Å²) in [5.41, 5.74) is 3.10. The van der Waals surface area contributed by atoms with Crippen LogP contribution in [-0.2, 0) is 6.54 Å². The van der Waals surface area contributed by atoms with Crippen molar-refractivity contribution in [1.82, 2.24) is 9.88 Å². The molecule has 1 heterocycles. The van der Waals surface area contributed by atoms with Crippen molar-refractivity contribution in [3.63, 3.8) is 0 Å². The summed E-state index contributed by atoms with van der Waals surface area (Å²) in [6.45, 7) is 2.78. The van der Waals surface area contributed by atoms with E-state index in [1.54, 1.807) is 7.11 Å². The van der Waals surface area contributed by atoms with Crippen LogP contribution in [0.3, 0.4) is 0 Å². The first-order chi connectivity index (χ1) is 11.2. The van der Waals surface area contributed by atoms with Gasteiger partial charge < -0.3 is 15.0 Å². The first kappa shape index (κ1) is 15.7. The Kier molecular flexibility index (Phi) is 4.76. The number of anilines is 1. The van der Waals surface area contributed by atoms with Crippen molar-refractivity contribution in [3.8, 4) is 5.75 Å². The topological polar surface area (TPSA) is 37.4 Å². The van der Waals surface area contributed by atoms with Gasteiger partial charge in [0, 0.05) is 12.2 Å². The second kappa shape index (κ2) is 6.96. The molecule has 0 aliphatic heterocycles. The number of hydrogen-bond acceptors (Lipinski definition) is 3. The lowest BCUT2D eigenvalue weighted by molar-refractivity contribution is 0.402. The minimum Gasteiger partial charge on any atom is -0.495 e. The van der Waals surface area contributed by atoms with Gasteiger partial charge in [-0.2, -0.15) is 0 Å². The molecule has 0 unspecified atom stereocenters. The number of thiocarbonyl (C=S) groups is 1. The van der Waals surface area contributed by atoms with Crippen molar-refractivity contribution in [1.29, 1.82) is 0 Å². The van der Waals surface area contributed by atoms with Crippen molar-refractivity contribution < 1.29 is 4.74 Å². The quantitative estimate of drug-likeness (QED) is 0.846. The lowest BCUT2D eigenvalue weighted by Crippen LogP contribution is -2.36.